The number of nitrogens with one attached hydrogen (secondary N) is 1. The number of nitrogens with zero attached hydrogens (tertiary/aromatic N) is 1. The molecule has 0 saturated heterocycles. The minimum atomic E-state index is -0.0122. The molecule has 2 saturated carbocycles. The number of carbonyl (C=O) groups excluding carboxylic acids is 1. The zero-order valence-electron chi connectivity index (χ0n) is 24.5. The highest BCUT2D eigenvalue weighted by atomic mass is 16.1. The lowest BCUT2D eigenvalue weighted by atomic mass is 9.86. The molecule has 1 aromatic heterocycles. The lowest BCUT2D eigenvalue weighted by Crippen LogP contribution is -2.40. The molecule has 2 fully saturated rings. The van der Waals surface area contributed by atoms with Crippen molar-refractivity contribution < 1.29 is 4.79 Å². The van der Waals surface area contributed by atoms with Crippen molar-refractivity contribution in [3.63, 3.8) is 0 Å². The molecule has 4 nitrogen and oxygen atoms in total. The molecular formula is C37H45N3O. The Bertz CT molecular complexity index is 1460. The fraction of sp³-hybridized carbons (Fsp3) is 0.432. The van der Waals surface area contributed by atoms with Gasteiger partial charge in [-0.15, -0.1) is 0 Å². The normalized spacial score (nSPS) is 20.6. The van der Waals surface area contributed by atoms with E-state index in [1.165, 1.54) is 70.8 Å². The van der Waals surface area contributed by atoms with Gasteiger partial charge in [-0.2, -0.15) is 0 Å². The molecule has 2 aliphatic rings. The third kappa shape index (κ3) is 6.59. The largest absolute Gasteiger partial charge is 0.353 e. The van der Waals surface area contributed by atoms with E-state index < -0.39 is 0 Å². The van der Waals surface area contributed by atoms with Gasteiger partial charge in [0.2, 0.25) is 5.91 Å². The molecule has 0 spiro atoms. The molecule has 3 aromatic carbocycles. The van der Waals surface area contributed by atoms with E-state index in [1.807, 2.05) is 0 Å². The van der Waals surface area contributed by atoms with Crippen molar-refractivity contribution in [3.05, 3.63) is 95.7 Å². The molecule has 0 bridgehead atoms. The van der Waals surface area contributed by atoms with Gasteiger partial charge in [0, 0.05) is 48.1 Å². The van der Waals surface area contributed by atoms with Crippen LogP contribution in [0.1, 0.15) is 86.8 Å². The number of benzene rings is 3. The van der Waals surface area contributed by atoms with Crippen molar-refractivity contribution >= 4 is 16.8 Å². The summed E-state index contributed by atoms with van der Waals surface area (Å²) in [6.07, 6.45) is 13.4. The summed E-state index contributed by atoms with van der Waals surface area (Å²) in [4.78, 5) is 13.6. The number of hydrogen-bond acceptors (Lipinski definition) is 2. The minimum Gasteiger partial charge on any atom is -0.353 e. The molecule has 41 heavy (non-hydrogen) atoms. The molecule has 0 radical (unpaired) electrons. The highest BCUT2D eigenvalue weighted by Gasteiger charge is 2.27. The first-order chi connectivity index (χ1) is 20.0. The molecule has 1 heterocycles. The quantitative estimate of drug-likeness (QED) is 0.234. The van der Waals surface area contributed by atoms with Gasteiger partial charge in [-0.3, -0.25) is 4.79 Å². The molecule has 1 atom stereocenters. The van der Waals surface area contributed by atoms with Gasteiger partial charge in [-0.05, 0) is 85.8 Å². The van der Waals surface area contributed by atoms with Crippen LogP contribution in [0.3, 0.4) is 0 Å². The zero-order chi connectivity index (χ0) is 28.2. The van der Waals surface area contributed by atoms with Crippen LogP contribution in [-0.2, 0) is 11.3 Å². The highest BCUT2D eigenvalue weighted by molar-refractivity contribution is 5.90. The Morgan fingerprint density at radius 1 is 0.878 bits per heavy atom. The van der Waals surface area contributed by atoms with Crippen LogP contribution in [0.5, 0.6) is 0 Å². The lowest BCUT2D eigenvalue weighted by molar-refractivity contribution is -0.122. The topological polar surface area (TPSA) is 60.1 Å². The van der Waals surface area contributed by atoms with E-state index in [1.54, 1.807) is 0 Å². The zero-order valence-corrected chi connectivity index (χ0v) is 24.5. The maximum atomic E-state index is 13.6. The van der Waals surface area contributed by atoms with Gasteiger partial charge in [-0.1, -0.05) is 85.5 Å². The summed E-state index contributed by atoms with van der Waals surface area (Å²) < 4.78 is 2.50. The molecule has 0 aliphatic heterocycles. The van der Waals surface area contributed by atoms with Crippen LogP contribution in [0.4, 0.5) is 0 Å². The third-order valence-corrected chi connectivity index (χ3v) is 9.55. The first kappa shape index (κ1) is 27.8. The second-order valence-electron chi connectivity index (χ2n) is 12.7. The number of fused-ring (bicyclic) bond motifs is 1. The fourth-order valence-corrected chi connectivity index (χ4v) is 7.24. The van der Waals surface area contributed by atoms with Crippen LogP contribution in [0.15, 0.2) is 79.0 Å². The summed E-state index contributed by atoms with van der Waals surface area (Å²) in [6, 6.07) is 26.8. The summed E-state index contributed by atoms with van der Waals surface area (Å²) in [5, 5.41) is 4.65. The van der Waals surface area contributed by atoms with Gasteiger partial charge in [0.25, 0.3) is 0 Å². The molecule has 4 heteroatoms. The molecule has 3 N–H and O–H groups in total. The maximum absolute atomic E-state index is 13.6. The second-order valence-corrected chi connectivity index (χ2v) is 12.7. The number of carbonyl (C=O) groups is 1. The Morgan fingerprint density at radius 3 is 2.41 bits per heavy atom. The third-order valence-electron chi connectivity index (χ3n) is 9.55. The number of aromatic nitrogens is 1. The molecule has 214 valence electrons. The maximum Gasteiger partial charge on any atom is 0.221 e. The van der Waals surface area contributed by atoms with Crippen LogP contribution >= 0.6 is 0 Å². The summed E-state index contributed by atoms with van der Waals surface area (Å²) >= 11 is 0. The van der Waals surface area contributed by atoms with Crippen LogP contribution in [0.25, 0.3) is 22.0 Å². The second kappa shape index (κ2) is 12.7. The summed E-state index contributed by atoms with van der Waals surface area (Å²) in [5.41, 5.74) is 13.6. The van der Waals surface area contributed by atoms with Gasteiger partial charge in [0.15, 0.2) is 0 Å². The summed E-state index contributed by atoms with van der Waals surface area (Å²) in [5.74, 6) is 0.852. The molecule has 1 unspecified atom stereocenters. The van der Waals surface area contributed by atoms with E-state index in [2.05, 4.69) is 95.8 Å². The van der Waals surface area contributed by atoms with E-state index >= 15 is 0 Å². The van der Waals surface area contributed by atoms with Crippen LogP contribution in [-0.4, -0.2) is 22.6 Å². The molecule has 6 rings (SSSR count). The molecular weight excluding hydrogens is 502 g/mol. The Kier molecular flexibility index (Phi) is 8.57. The summed E-state index contributed by atoms with van der Waals surface area (Å²) in [7, 11) is 0. The van der Waals surface area contributed by atoms with Crippen molar-refractivity contribution in [2.75, 3.05) is 0 Å². The number of aryl methyl sites for hydroxylation is 1. The molecule has 1 amide bonds. The van der Waals surface area contributed by atoms with Crippen LogP contribution < -0.4 is 11.1 Å². The molecule has 2 aliphatic carbocycles. The van der Waals surface area contributed by atoms with Crippen LogP contribution in [0, 0.1) is 12.8 Å². The van der Waals surface area contributed by atoms with Crippen LogP contribution in [0.2, 0.25) is 0 Å². The van der Waals surface area contributed by atoms with E-state index in [9.17, 15) is 4.79 Å². The Hall–Kier alpha value is -3.37. The SMILES string of the molecule is Cc1cccc(C(CC(=O)N[C@H]2CC[C@H](N)CC2)c2cn(CC3CCCCC3)c3ccc(-c4ccccc4)cc23)c1. The average Bonchev–Trinajstić information content (AvgIpc) is 3.35. The van der Waals surface area contributed by atoms with Gasteiger partial charge in [0.05, 0.1) is 0 Å². The van der Waals surface area contributed by atoms with Gasteiger partial charge in [0.1, 0.15) is 0 Å². The van der Waals surface area contributed by atoms with Crippen molar-refractivity contribution in [2.24, 2.45) is 11.7 Å². The van der Waals surface area contributed by atoms with Crippen molar-refractivity contribution in [1.82, 2.24) is 9.88 Å². The predicted molar refractivity (Wildman–Crippen MR) is 170 cm³/mol. The number of hydrogen-bond donors (Lipinski definition) is 2. The minimum absolute atomic E-state index is 0.0122. The van der Waals surface area contributed by atoms with Crippen molar-refractivity contribution in [3.8, 4) is 11.1 Å². The van der Waals surface area contributed by atoms with Gasteiger partial charge >= 0.3 is 0 Å². The number of nitrogens with two attached hydrogens (primary N) is 1. The van der Waals surface area contributed by atoms with Gasteiger partial charge < -0.3 is 15.6 Å². The van der Waals surface area contributed by atoms with Crippen molar-refractivity contribution in [2.45, 2.75) is 95.7 Å². The standard InChI is InChI=1S/C37H45N3O/c1-26-9-8-14-30(21-26)33(23-37(41)39-32-18-16-31(38)17-19-32)35-25-40(24-27-10-4-2-5-11-27)36-20-15-29(22-34(35)36)28-12-6-3-7-13-28/h3,6-9,12-15,20-22,25,27,31-33H,2,4-5,10-11,16-19,23-24,38H2,1H3,(H,39,41)/t31-,32-,33?. The van der Waals surface area contributed by atoms with Crippen molar-refractivity contribution in [1.29, 1.82) is 0 Å². The van der Waals surface area contributed by atoms with E-state index in [-0.39, 0.29) is 23.9 Å². The van der Waals surface area contributed by atoms with E-state index in [0.29, 0.717) is 6.42 Å². The predicted octanol–water partition coefficient (Wildman–Crippen LogP) is 8.11. The van der Waals surface area contributed by atoms with E-state index in [0.717, 1.165) is 38.1 Å². The first-order valence-corrected chi connectivity index (χ1v) is 15.8. The molecule has 4 aromatic rings. The smallest absolute Gasteiger partial charge is 0.221 e. The Balaban J connectivity index is 1.40. The first-order valence-electron chi connectivity index (χ1n) is 15.8. The number of rotatable bonds is 8. The summed E-state index contributed by atoms with van der Waals surface area (Å²) in [6.45, 7) is 3.20. The van der Waals surface area contributed by atoms with Gasteiger partial charge in [-0.25, -0.2) is 0 Å². The fourth-order valence-electron chi connectivity index (χ4n) is 7.24. The lowest BCUT2D eigenvalue weighted by Gasteiger charge is -2.27. The average molecular weight is 548 g/mol. The Labute approximate surface area is 245 Å². The van der Waals surface area contributed by atoms with E-state index in [4.69, 9.17) is 5.73 Å². The Morgan fingerprint density at radius 2 is 1.66 bits per heavy atom. The number of amides is 1. The highest BCUT2D eigenvalue weighted by Crippen LogP contribution is 2.38. The monoisotopic (exact) mass is 547 g/mol.